The molecule has 1 amide bonds. The molecule has 210 valence electrons. The second-order valence-electron chi connectivity index (χ2n) is 8.14. The van der Waals surface area contributed by atoms with Crippen LogP contribution in [-0.4, -0.2) is 56.3 Å². The minimum atomic E-state index is -0.277. The molecular formula is C29H43FN4O3S. The number of hydrogen-bond acceptors (Lipinski definition) is 7. The van der Waals surface area contributed by atoms with Crippen LogP contribution in [0.2, 0.25) is 0 Å². The van der Waals surface area contributed by atoms with Crippen LogP contribution in [0.5, 0.6) is 5.75 Å². The maximum absolute atomic E-state index is 13.1. The number of likely N-dealkylation sites (N-methyl/N-ethyl adjacent to an activating group) is 1. The molecule has 0 aliphatic rings. The van der Waals surface area contributed by atoms with Gasteiger partial charge in [0.1, 0.15) is 18.2 Å². The van der Waals surface area contributed by atoms with E-state index >= 15 is 0 Å². The lowest BCUT2D eigenvalue weighted by Gasteiger charge is -2.06. The summed E-state index contributed by atoms with van der Waals surface area (Å²) in [4.78, 5) is 15.4. The second-order valence-corrected chi connectivity index (χ2v) is 8.66. The van der Waals surface area contributed by atoms with Crippen molar-refractivity contribution in [1.29, 1.82) is 0 Å². The molecule has 2 aromatic carbocycles. The molecule has 0 aliphatic carbocycles. The number of rotatable bonds is 10. The van der Waals surface area contributed by atoms with Gasteiger partial charge in [-0.2, -0.15) is 0 Å². The van der Waals surface area contributed by atoms with E-state index in [0.717, 1.165) is 55.7 Å². The molecule has 0 radical (unpaired) electrons. The van der Waals surface area contributed by atoms with E-state index in [4.69, 9.17) is 9.84 Å². The first-order valence-corrected chi connectivity index (χ1v) is 12.8. The predicted octanol–water partition coefficient (Wildman–Crippen LogP) is 4.32. The van der Waals surface area contributed by atoms with Crippen LogP contribution in [0.25, 0.3) is 0 Å². The van der Waals surface area contributed by atoms with Crippen molar-refractivity contribution in [2.24, 2.45) is 0 Å². The molecule has 0 atom stereocenters. The summed E-state index contributed by atoms with van der Waals surface area (Å²) in [5.74, 6) is 0.313. The van der Waals surface area contributed by atoms with E-state index in [-0.39, 0.29) is 11.7 Å². The molecule has 7 nitrogen and oxygen atoms in total. The number of nitrogens with zero attached hydrogens (tertiary/aromatic N) is 1. The molecular weight excluding hydrogens is 503 g/mol. The Morgan fingerprint density at radius 1 is 1.00 bits per heavy atom. The lowest BCUT2D eigenvalue weighted by atomic mass is 10.2. The summed E-state index contributed by atoms with van der Waals surface area (Å²) in [5.41, 5.74) is 3.07. The Labute approximate surface area is 232 Å². The van der Waals surface area contributed by atoms with Gasteiger partial charge in [-0.05, 0) is 69.8 Å². The zero-order valence-electron chi connectivity index (χ0n) is 23.1. The Balaban J connectivity index is 0.000000551. The number of halogens is 1. The maximum Gasteiger partial charge on any atom is 0.216 e. The van der Waals surface area contributed by atoms with Crippen molar-refractivity contribution in [1.82, 2.24) is 20.9 Å². The van der Waals surface area contributed by atoms with Gasteiger partial charge in [0.05, 0.1) is 0 Å². The van der Waals surface area contributed by atoms with Crippen LogP contribution >= 0.6 is 12.6 Å². The number of thiol groups is 1. The van der Waals surface area contributed by atoms with Crippen molar-refractivity contribution in [3.8, 4) is 5.75 Å². The average Bonchev–Trinajstić information content (AvgIpc) is 2.89. The molecule has 3 aromatic rings. The van der Waals surface area contributed by atoms with Gasteiger partial charge in [0.25, 0.3) is 0 Å². The van der Waals surface area contributed by atoms with Crippen LogP contribution in [0.15, 0.2) is 71.9 Å². The largest absolute Gasteiger partial charge is 0.489 e. The normalized spacial score (nSPS) is 9.47. The quantitative estimate of drug-likeness (QED) is 0.192. The molecule has 0 bridgehead atoms. The molecule has 38 heavy (non-hydrogen) atoms. The molecule has 3 rings (SSSR count). The van der Waals surface area contributed by atoms with Crippen LogP contribution < -0.4 is 20.7 Å². The monoisotopic (exact) mass is 546 g/mol. The first-order valence-electron chi connectivity index (χ1n) is 12.4. The summed E-state index contributed by atoms with van der Waals surface area (Å²) in [6.07, 6.45) is 4.42. The van der Waals surface area contributed by atoms with Gasteiger partial charge in [-0.25, -0.2) is 4.39 Å². The van der Waals surface area contributed by atoms with Crippen LogP contribution in [0.1, 0.15) is 30.0 Å². The van der Waals surface area contributed by atoms with Crippen molar-refractivity contribution < 1.29 is 19.0 Å². The number of nitrogens with one attached hydrogen (secondary N) is 3. The van der Waals surface area contributed by atoms with Gasteiger partial charge in [0.2, 0.25) is 5.91 Å². The van der Waals surface area contributed by atoms with Crippen LogP contribution in [0.3, 0.4) is 0 Å². The minimum Gasteiger partial charge on any atom is -0.489 e. The lowest BCUT2D eigenvalue weighted by molar-refractivity contribution is -0.118. The molecule has 0 aliphatic heterocycles. The molecule has 0 saturated heterocycles. The van der Waals surface area contributed by atoms with E-state index in [9.17, 15) is 9.18 Å². The Kier molecular flexibility index (Phi) is 21.3. The number of amides is 1. The van der Waals surface area contributed by atoms with E-state index in [1.807, 2.05) is 44.3 Å². The van der Waals surface area contributed by atoms with Crippen LogP contribution in [0, 0.1) is 19.7 Å². The van der Waals surface area contributed by atoms with Gasteiger partial charge in [-0.3, -0.25) is 9.78 Å². The summed E-state index contributed by atoms with van der Waals surface area (Å²) in [6.45, 7) is 9.52. The molecule has 1 aromatic heterocycles. The second kappa shape index (κ2) is 23.2. The maximum atomic E-state index is 13.1. The number of aryl methyl sites for hydroxylation is 2. The Morgan fingerprint density at radius 3 is 2.32 bits per heavy atom. The van der Waals surface area contributed by atoms with E-state index in [2.05, 4.69) is 46.6 Å². The van der Waals surface area contributed by atoms with Crippen molar-refractivity contribution >= 4 is 18.5 Å². The summed E-state index contributed by atoms with van der Waals surface area (Å²) >= 11 is 4.15. The van der Waals surface area contributed by atoms with Crippen molar-refractivity contribution in [2.45, 2.75) is 38.7 Å². The number of ether oxygens (including phenoxy) is 1. The van der Waals surface area contributed by atoms with Crippen molar-refractivity contribution in [2.75, 3.05) is 40.3 Å². The van der Waals surface area contributed by atoms with Crippen LogP contribution in [0.4, 0.5) is 4.39 Å². The van der Waals surface area contributed by atoms with Gasteiger partial charge in [-0.1, -0.05) is 23.8 Å². The van der Waals surface area contributed by atoms with E-state index < -0.39 is 0 Å². The standard InChI is InChI=1S/C13H12FNO.C8H19N3O.C7H8S.CH4O/c1-10-5-12(14)7-13(6-10)16-9-11-3-2-4-15-8-11;1-8(12)11-5-3-4-10-7-6-9-2;1-6-3-2-4-7(8)5-6;1-2/h2-8H,9H2,1H3;9-10H,3-7H2,1-2H3,(H,11,12);2-5,8H,1H3;2H,1H3. The fourth-order valence-electron chi connectivity index (χ4n) is 2.88. The third kappa shape index (κ3) is 20.1. The van der Waals surface area contributed by atoms with Crippen LogP contribution in [-0.2, 0) is 11.4 Å². The highest BCUT2D eigenvalue weighted by molar-refractivity contribution is 7.80. The fraction of sp³-hybridized carbons (Fsp3) is 0.379. The average molecular weight is 547 g/mol. The first kappa shape index (κ1) is 35.0. The Morgan fingerprint density at radius 2 is 1.76 bits per heavy atom. The summed E-state index contributed by atoms with van der Waals surface area (Å²) in [7, 11) is 2.93. The number of aliphatic hydroxyl groups is 1. The van der Waals surface area contributed by atoms with Gasteiger partial charge in [0.15, 0.2) is 0 Å². The summed E-state index contributed by atoms with van der Waals surface area (Å²) in [6, 6.07) is 16.5. The number of aliphatic hydroxyl groups excluding tert-OH is 1. The number of hydrogen-bond donors (Lipinski definition) is 5. The SMILES string of the molecule is CNCCNCCCNC(C)=O.CO.Cc1cc(F)cc(OCc2cccnc2)c1.Cc1cccc(S)c1. The van der Waals surface area contributed by atoms with E-state index in [1.165, 1.54) is 24.6 Å². The fourth-order valence-corrected chi connectivity index (χ4v) is 3.17. The lowest BCUT2D eigenvalue weighted by Crippen LogP contribution is -2.28. The van der Waals surface area contributed by atoms with E-state index in [0.29, 0.717) is 12.4 Å². The van der Waals surface area contributed by atoms with E-state index in [1.54, 1.807) is 18.5 Å². The zero-order valence-corrected chi connectivity index (χ0v) is 24.0. The van der Waals surface area contributed by atoms with Gasteiger partial charge in [0, 0.05) is 62.6 Å². The molecule has 0 fully saturated rings. The number of pyridine rings is 1. The summed E-state index contributed by atoms with van der Waals surface area (Å²) in [5, 5.41) is 16.0. The molecule has 0 saturated carbocycles. The Bertz CT molecular complexity index is 973. The highest BCUT2D eigenvalue weighted by Gasteiger charge is 2.00. The third-order valence-electron chi connectivity index (χ3n) is 4.60. The highest BCUT2D eigenvalue weighted by Crippen LogP contribution is 2.17. The third-order valence-corrected chi connectivity index (χ3v) is 4.88. The van der Waals surface area contributed by atoms with Gasteiger partial charge < -0.3 is 25.8 Å². The molecule has 0 spiro atoms. The first-order chi connectivity index (χ1) is 18.3. The minimum absolute atomic E-state index is 0.0465. The Hall–Kier alpha value is -2.98. The summed E-state index contributed by atoms with van der Waals surface area (Å²) < 4.78 is 18.5. The van der Waals surface area contributed by atoms with Crippen molar-refractivity contribution in [3.63, 3.8) is 0 Å². The zero-order chi connectivity index (χ0) is 28.6. The molecule has 1 heterocycles. The van der Waals surface area contributed by atoms with Crippen molar-refractivity contribution in [3.05, 3.63) is 89.5 Å². The van der Waals surface area contributed by atoms with Gasteiger partial charge >= 0.3 is 0 Å². The molecule has 4 N–H and O–H groups in total. The predicted molar refractivity (Wildman–Crippen MR) is 156 cm³/mol. The molecule has 9 heteroatoms. The molecule has 0 unspecified atom stereocenters. The number of benzene rings is 2. The topological polar surface area (TPSA) is 95.5 Å². The number of carbonyl (C=O) groups excluding carboxylic acids is 1. The number of aromatic nitrogens is 1. The van der Waals surface area contributed by atoms with Gasteiger partial charge in [-0.15, -0.1) is 12.6 Å². The highest BCUT2D eigenvalue weighted by atomic mass is 32.1. The smallest absolute Gasteiger partial charge is 0.216 e. The number of carbonyl (C=O) groups is 1.